The molecule has 7 nitrogen and oxygen atoms in total. The quantitative estimate of drug-likeness (QED) is 0.330. The molecule has 41 heavy (non-hydrogen) atoms. The third-order valence-electron chi connectivity index (χ3n) is 6.50. The third-order valence-corrected chi connectivity index (χ3v) is 6.50. The van der Waals surface area contributed by atoms with Crippen LogP contribution in [0.2, 0.25) is 0 Å². The van der Waals surface area contributed by atoms with Gasteiger partial charge in [-0.3, -0.25) is 4.79 Å². The summed E-state index contributed by atoms with van der Waals surface area (Å²) in [5.41, 5.74) is 2.60. The zero-order valence-corrected chi connectivity index (χ0v) is 23.5. The number of nitrogens with one attached hydrogen (secondary N) is 2. The lowest BCUT2D eigenvalue weighted by Gasteiger charge is -2.34. The van der Waals surface area contributed by atoms with Crippen LogP contribution in [0.1, 0.15) is 49.5 Å². The van der Waals surface area contributed by atoms with Gasteiger partial charge in [0.1, 0.15) is 17.6 Å². The Bertz CT molecular complexity index is 1380. The van der Waals surface area contributed by atoms with E-state index in [4.69, 9.17) is 4.74 Å². The summed E-state index contributed by atoms with van der Waals surface area (Å²) in [6, 6.07) is 17.7. The van der Waals surface area contributed by atoms with Crippen LogP contribution < -0.4 is 20.1 Å². The minimum Gasteiger partial charge on any atom is -0.490 e. The highest BCUT2D eigenvalue weighted by molar-refractivity contribution is 6.09. The number of halogens is 3. The van der Waals surface area contributed by atoms with Crippen LogP contribution in [-0.2, 0) is 0 Å². The molecule has 1 fully saturated rings. The smallest absolute Gasteiger partial charge is 0.490 e. The molecule has 3 aromatic rings. The highest BCUT2D eigenvalue weighted by Gasteiger charge is 2.31. The molecule has 0 spiro atoms. The Morgan fingerprint density at radius 3 is 2.20 bits per heavy atom. The fourth-order valence-electron chi connectivity index (χ4n) is 4.68. The van der Waals surface area contributed by atoms with Crippen molar-refractivity contribution in [2.45, 2.75) is 58.5 Å². The van der Waals surface area contributed by atoms with Crippen LogP contribution in [0.25, 0.3) is 11.1 Å². The lowest BCUT2D eigenvalue weighted by molar-refractivity contribution is -0.274. The lowest BCUT2D eigenvalue weighted by atomic mass is 9.94. The molecular weight excluding hydrogens is 535 g/mol. The van der Waals surface area contributed by atoms with Crippen molar-refractivity contribution < 1.29 is 32.2 Å². The Morgan fingerprint density at radius 1 is 0.902 bits per heavy atom. The van der Waals surface area contributed by atoms with Crippen LogP contribution in [0.15, 0.2) is 66.7 Å². The van der Waals surface area contributed by atoms with E-state index in [1.54, 1.807) is 35.2 Å². The Balaban J connectivity index is 1.41. The van der Waals surface area contributed by atoms with Crippen LogP contribution in [0, 0.1) is 6.92 Å². The van der Waals surface area contributed by atoms with Crippen LogP contribution in [0.3, 0.4) is 0 Å². The Morgan fingerprint density at radius 2 is 1.56 bits per heavy atom. The number of hydrogen-bond donors (Lipinski definition) is 2. The van der Waals surface area contributed by atoms with E-state index < -0.39 is 6.36 Å². The minimum absolute atomic E-state index is 0.0627. The Labute approximate surface area is 237 Å². The summed E-state index contributed by atoms with van der Waals surface area (Å²) in [6.07, 6.45) is -3.47. The number of likely N-dealkylation sites (tertiary alicyclic amines) is 1. The summed E-state index contributed by atoms with van der Waals surface area (Å²) < 4.78 is 47.8. The fraction of sp³-hybridized carbons (Fsp3) is 0.355. The van der Waals surface area contributed by atoms with E-state index in [0.717, 1.165) is 5.56 Å². The number of aryl methyl sites for hydroxylation is 1. The zero-order chi connectivity index (χ0) is 29.8. The molecule has 4 rings (SSSR count). The number of anilines is 1. The van der Waals surface area contributed by atoms with E-state index >= 15 is 0 Å². The number of nitrogens with zero attached hydrogens (tertiary/aromatic N) is 1. The molecule has 218 valence electrons. The van der Waals surface area contributed by atoms with Gasteiger partial charge >= 0.3 is 12.4 Å². The number of carbonyl (C=O) groups is 2. The Hall–Kier alpha value is -4.21. The first-order valence-corrected chi connectivity index (χ1v) is 13.4. The fourth-order valence-corrected chi connectivity index (χ4v) is 4.68. The molecule has 3 aromatic carbocycles. The first-order valence-electron chi connectivity index (χ1n) is 13.4. The molecule has 0 unspecified atom stereocenters. The van der Waals surface area contributed by atoms with Crippen molar-refractivity contribution >= 4 is 17.6 Å². The normalized spacial score (nSPS) is 14.4. The topological polar surface area (TPSA) is 79.9 Å². The molecular formula is C31H34F3N3O4. The molecule has 3 amide bonds. The number of hydrogen-bond acceptors (Lipinski definition) is 4. The minimum atomic E-state index is -4.78. The molecule has 0 aromatic heterocycles. The Kier molecular flexibility index (Phi) is 8.80. The highest BCUT2D eigenvalue weighted by Crippen LogP contribution is 2.32. The van der Waals surface area contributed by atoms with Gasteiger partial charge < -0.3 is 25.0 Å². The molecule has 0 bridgehead atoms. The second-order valence-corrected chi connectivity index (χ2v) is 11.0. The van der Waals surface area contributed by atoms with E-state index in [1.807, 2.05) is 39.8 Å². The van der Waals surface area contributed by atoms with Crippen LogP contribution in [0.4, 0.5) is 23.7 Å². The molecule has 2 N–H and O–H groups in total. The van der Waals surface area contributed by atoms with Gasteiger partial charge in [0.25, 0.3) is 5.91 Å². The molecule has 0 saturated carbocycles. The number of carbonyl (C=O) groups excluding carboxylic acids is 2. The van der Waals surface area contributed by atoms with E-state index in [9.17, 15) is 22.8 Å². The van der Waals surface area contributed by atoms with E-state index in [2.05, 4.69) is 15.4 Å². The summed E-state index contributed by atoms with van der Waals surface area (Å²) in [6.45, 7) is 8.84. The SMILES string of the molecule is Cc1cccc(C(=O)Nc2cccc(OC3CCN(C(=O)NC(C)(C)C)CC3)c2)c1-c1ccc(OC(F)(F)F)cc1. The van der Waals surface area contributed by atoms with Crippen molar-refractivity contribution in [2.24, 2.45) is 0 Å². The van der Waals surface area contributed by atoms with Crippen LogP contribution in [0.5, 0.6) is 11.5 Å². The molecule has 1 saturated heterocycles. The number of piperidine rings is 1. The average molecular weight is 570 g/mol. The van der Waals surface area contributed by atoms with Gasteiger partial charge in [0.05, 0.1) is 0 Å². The van der Waals surface area contributed by atoms with Crippen molar-refractivity contribution in [3.05, 3.63) is 77.9 Å². The van der Waals surface area contributed by atoms with Crippen molar-refractivity contribution in [2.75, 3.05) is 18.4 Å². The maximum Gasteiger partial charge on any atom is 0.573 e. The van der Waals surface area contributed by atoms with Crippen molar-refractivity contribution in [1.29, 1.82) is 0 Å². The first kappa shape index (κ1) is 29.8. The van der Waals surface area contributed by atoms with Crippen molar-refractivity contribution in [1.82, 2.24) is 10.2 Å². The molecule has 1 heterocycles. The average Bonchev–Trinajstić information content (AvgIpc) is 2.88. The highest BCUT2D eigenvalue weighted by atomic mass is 19.4. The maximum atomic E-state index is 13.3. The van der Waals surface area contributed by atoms with Crippen molar-refractivity contribution in [3.63, 3.8) is 0 Å². The van der Waals surface area contributed by atoms with E-state index in [-0.39, 0.29) is 29.3 Å². The van der Waals surface area contributed by atoms with E-state index in [1.165, 1.54) is 24.3 Å². The molecule has 1 aliphatic rings. The van der Waals surface area contributed by atoms with Gasteiger partial charge in [-0.1, -0.05) is 30.3 Å². The predicted molar refractivity (Wildman–Crippen MR) is 151 cm³/mol. The monoisotopic (exact) mass is 569 g/mol. The zero-order valence-electron chi connectivity index (χ0n) is 23.5. The first-order chi connectivity index (χ1) is 19.3. The molecule has 0 aliphatic carbocycles. The van der Waals surface area contributed by atoms with Gasteiger partial charge in [0.15, 0.2) is 0 Å². The van der Waals surface area contributed by atoms with Crippen molar-refractivity contribution in [3.8, 4) is 22.6 Å². The summed E-state index contributed by atoms with van der Waals surface area (Å²) in [5, 5.41) is 5.89. The van der Waals surface area contributed by atoms with Gasteiger partial charge in [-0.15, -0.1) is 13.2 Å². The molecule has 0 radical (unpaired) electrons. The summed E-state index contributed by atoms with van der Waals surface area (Å²) in [5.74, 6) is -0.101. The van der Waals surface area contributed by atoms with Gasteiger partial charge in [0, 0.05) is 48.8 Å². The molecule has 10 heteroatoms. The van der Waals surface area contributed by atoms with E-state index in [0.29, 0.717) is 54.1 Å². The number of ether oxygens (including phenoxy) is 2. The summed E-state index contributed by atoms with van der Waals surface area (Å²) >= 11 is 0. The third kappa shape index (κ3) is 8.39. The number of rotatable bonds is 6. The second kappa shape index (κ2) is 12.1. The van der Waals surface area contributed by atoms with Crippen LogP contribution in [-0.4, -0.2) is 47.9 Å². The van der Waals surface area contributed by atoms with Gasteiger partial charge in [0.2, 0.25) is 0 Å². The largest absolute Gasteiger partial charge is 0.573 e. The second-order valence-electron chi connectivity index (χ2n) is 11.0. The number of urea groups is 1. The number of amides is 3. The molecule has 1 aliphatic heterocycles. The van der Waals surface area contributed by atoms with Gasteiger partial charge in [-0.05, 0) is 74.7 Å². The van der Waals surface area contributed by atoms with Gasteiger partial charge in [-0.2, -0.15) is 0 Å². The summed E-state index contributed by atoms with van der Waals surface area (Å²) in [4.78, 5) is 27.6. The predicted octanol–water partition coefficient (Wildman–Crippen LogP) is 7.16. The number of alkyl halides is 3. The van der Waals surface area contributed by atoms with Gasteiger partial charge in [-0.25, -0.2) is 4.79 Å². The lowest BCUT2D eigenvalue weighted by Crippen LogP contribution is -2.51. The maximum absolute atomic E-state index is 13.3. The standard InChI is InChI=1S/C31H34F3N3O4/c1-20-7-5-10-26(27(20)21-11-13-24(14-12-21)41-31(32,33)34)28(38)35-22-8-6-9-25(19-22)40-23-15-17-37(18-16-23)29(39)36-30(2,3)4/h5-14,19,23H,15-18H2,1-4H3,(H,35,38)(H,36,39). The number of benzene rings is 3. The summed E-state index contributed by atoms with van der Waals surface area (Å²) in [7, 11) is 0. The van der Waals surface area contributed by atoms with Crippen LogP contribution >= 0.6 is 0 Å². The molecule has 0 atom stereocenters.